The molecule has 2 N–H and O–H groups in total. The Morgan fingerprint density at radius 1 is 0.929 bits per heavy atom. The van der Waals surface area contributed by atoms with Crippen LogP contribution in [0.3, 0.4) is 0 Å². The van der Waals surface area contributed by atoms with E-state index in [1.54, 1.807) is 0 Å². The van der Waals surface area contributed by atoms with Crippen LogP contribution in [0.25, 0.3) is 0 Å². The quantitative estimate of drug-likeness (QED) is 0.275. The summed E-state index contributed by atoms with van der Waals surface area (Å²) in [6.07, 6.45) is 10.8. The smallest absolute Gasteiger partial charge is 0.339 e. The fraction of sp³-hybridized carbons (Fsp3) is 0.750. The molecule has 0 radical (unpaired) electrons. The van der Waals surface area contributed by atoms with Gasteiger partial charge in [-0.05, 0) is 129 Å². The summed E-state index contributed by atoms with van der Waals surface area (Å²) < 4.78 is 33.3. The molecule has 1 aromatic rings. The number of hydrogen-bond donors (Lipinski definition) is 2. The summed E-state index contributed by atoms with van der Waals surface area (Å²) in [6, 6.07) is 4.08. The molecule has 42 heavy (non-hydrogen) atoms. The Kier molecular flexibility index (Phi) is 7.49. The van der Waals surface area contributed by atoms with Crippen LogP contribution in [-0.2, 0) is 16.1 Å². The molecule has 1 unspecified atom stereocenters. The number of allylic oxidation sites excluding steroid dienone is 1. The van der Waals surface area contributed by atoms with Crippen molar-refractivity contribution in [1.29, 1.82) is 0 Å². The summed E-state index contributed by atoms with van der Waals surface area (Å²) in [5, 5.41) is 15.5. The van der Waals surface area contributed by atoms with Crippen LogP contribution in [0.5, 0.6) is 0 Å². The summed E-state index contributed by atoms with van der Waals surface area (Å²) >= 11 is 0. The van der Waals surface area contributed by atoms with E-state index in [9.17, 15) is 18.7 Å². The summed E-state index contributed by atoms with van der Waals surface area (Å²) in [5.41, 5.74) is 0.878. The topological polar surface area (TPSA) is 58.6 Å². The van der Waals surface area contributed by atoms with E-state index in [1.165, 1.54) is 25.0 Å². The van der Waals surface area contributed by atoms with Gasteiger partial charge in [0.05, 0.1) is 0 Å². The Morgan fingerprint density at radius 2 is 1.60 bits per heavy atom. The second-order valence-corrected chi connectivity index (χ2v) is 16.1. The molecule has 0 aromatic heterocycles. The van der Waals surface area contributed by atoms with Gasteiger partial charge in [0.1, 0.15) is 17.7 Å². The van der Waals surface area contributed by atoms with Crippen LogP contribution < -0.4 is 5.32 Å². The normalized spacial score (nSPS) is 44.1. The van der Waals surface area contributed by atoms with Crippen molar-refractivity contribution < 1.29 is 23.4 Å². The van der Waals surface area contributed by atoms with Crippen LogP contribution >= 0.6 is 0 Å². The van der Waals surface area contributed by atoms with E-state index in [0.717, 1.165) is 50.2 Å². The van der Waals surface area contributed by atoms with Crippen molar-refractivity contribution in [3.8, 4) is 0 Å². The summed E-state index contributed by atoms with van der Waals surface area (Å²) in [4.78, 5) is 13.1. The molecule has 0 spiro atoms. The summed E-state index contributed by atoms with van der Waals surface area (Å²) in [5.74, 6) is 0.597. The second kappa shape index (κ2) is 10.4. The molecule has 5 aliphatic rings. The predicted octanol–water partition coefficient (Wildman–Crippen LogP) is 7.73. The van der Waals surface area contributed by atoms with E-state index in [1.807, 2.05) is 19.9 Å². The first-order chi connectivity index (χ1) is 19.7. The summed E-state index contributed by atoms with van der Waals surface area (Å²) in [6.45, 7) is 14.4. The monoisotopic (exact) mass is 583 g/mol. The third-order valence-electron chi connectivity index (χ3n) is 13.3. The van der Waals surface area contributed by atoms with Gasteiger partial charge in [-0.1, -0.05) is 33.3 Å². The zero-order chi connectivity index (χ0) is 30.2. The maximum Gasteiger partial charge on any atom is 0.339 e. The molecule has 6 heteroatoms. The van der Waals surface area contributed by atoms with Crippen LogP contribution in [0.2, 0.25) is 0 Å². The average molecular weight is 584 g/mol. The standard InChI is InChI=1S/C36H51F2NO3/c1-21(2)15-25-19-36(41,32(40)42-25)28-9-8-27-26(28)7-10-30-34(27,5)13-11-29-33(3,4)31(12-14-35(29,30)6)39-20-22-16-23(37)18-24(38)17-22/h15-18,25-31,39,41H,7-14,19-20H2,1-6H3/t25-,26+,27-,28+,29+,30+,31?,34+,35+,36+/m1/s1. The maximum absolute atomic E-state index is 13.8. The van der Waals surface area contributed by atoms with Crippen molar-refractivity contribution in [2.45, 2.75) is 124 Å². The molecule has 232 valence electrons. The second-order valence-electron chi connectivity index (χ2n) is 16.1. The fourth-order valence-corrected chi connectivity index (χ4v) is 11.7. The molecule has 4 nitrogen and oxygen atoms in total. The fourth-order valence-electron chi connectivity index (χ4n) is 11.7. The Labute approximate surface area is 251 Å². The van der Waals surface area contributed by atoms with Gasteiger partial charge in [-0.3, -0.25) is 0 Å². The van der Waals surface area contributed by atoms with E-state index < -0.39 is 23.2 Å². The van der Waals surface area contributed by atoms with Crippen molar-refractivity contribution in [3.63, 3.8) is 0 Å². The first-order valence-electron chi connectivity index (χ1n) is 16.5. The van der Waals surface area contributed by atoms with Crippen LogP contribution in [0, 0.1) is 57.5 Å². The number of benzene rings is 1. The van der Waals surface area contributed by atoms with Gasteiger partial charge < -0.3 is 15.2 Å². The van der Waals surface area contributed by atoms with E-state index in [-0.39, 0.29) is 34.3 Å². The third kappa shape index (κ3) is 4.69. The minimum absolute atomic E-state index is 0.0158. The Hall–Kier alpha value is -1.79. The highest BCUT2D eigenvalue weighted by Crippen LogP contribution is 2.72. The highest BCUT2D eigenvalue weighted by Gasteiger charge is 2.67. The van der Waals surface area contributed by atoms with Crippen molar-refractivity contribution in [1.82, 2.24) is 5.32 Å². The number of nitrogens with one attached hydrogen (secondary N) is 1. The van der Waals surface area contributed by atoms with Crippen LogP contribution in [0.15, 0.2) is 29.8 Å². The largest absolute Gasteiger partial charge is 0.456 e. The zero-order valence-electron chi connectivity index (χ0n) is 26.4. The maximum atomic E-state index is 13.8. The molecule has 1 heterocycles. The molecule has 5 fully saturated rings. The van der Waals surface area contributed by atoms with Crippen molar-refractivity contribution in [2.75, 3.05) is 0 Å². The minimum atomic E-state index is -1.36. The van der Waals surface area contributed by atoms with E-state index in [4.69, 9.17) is 4.74 Å². The van der Waals surface area contributed by atoms with Gasteiger partial charge in [0, 0.05) is 31.0 Å². The number of aliphatic hydroxyl groups is 1. The summed E-state index contributed by atoms with van der Waals surface area (Å²) in [7, 11) is 0. The van der Waals surface area contributed by atoms with Gasteiger partial charge >= 0.3 is 5.97 Å². The highest BCUT2D eigenvalue weighted by atomic mass is 19.1. The highest BCUT2D eigenvalue weighted by molar-refractivity contribution is 5.82. The van der Waals surface area contributed by atoms with Crippen molar-refractivity contribution in [3.05, 3.63) is 47.0 Å². The van der Waals surface area contributed by atoms with Crippen molar-refractivity contribution in [2.24, 2.45) is 45.8 Å². The lowest BCUT2D eigenvalue weighted by molar-refractivity contribution is -0.186. The number of carbonyl (C=O) groups is 1. The predicted molar refractivity (Wildman–Crippen MR) is 160 cm³/mol. The third-order valence-corrected chi connectivity index (χ3v) is 13.3. The number of carbonyl (C=O) groups excluding carboxylic acids is 1. The first kappa shape index (κ1) is 30.2. The van der Waals surface area contributed by atoms with Gasteiger partial charge in [-0.2, -0.15) is 0 Å². The van der Waals surface area contributed by atoms with Gasteiger partial charge in [-0.25, -0.2) is 13.6 Å². The Balaban J connectivity index is 1.19. The minimum Gasteiger partial charge on any atom is -0.456 e. The molecular weight excluding hydrogens is 532 g/mol. The molecule has 10 atom stereocenters. The SMILES string of the molecule is CC(C)=C[C@@H]1C[C@](O)([C@H]2CC[C@@H]3[C@@H]2CC[C@H]2[C@@]3(C)CC[C@H]3C(C)(C)C(NCc4cc(F)cc(F)c4)CC[C@]23C)C(=O)O1. The van der Waals surface area contributed by atoms with E-state index >= 15 is 0 Å². The first-order valence-corrected chi connectivity index (χ1v) is 16.5. The van der Waals surface area contributed by atoms with Gasteiger partial charge in [-0.15, -0.1) is 0 Å². The number of ether oxygens (including phenoxy) is 1. The molecule has 6 rings (SSSR count). The van der Waals surface area contributed by atoms with E-state index in [2.05, 4.69) is 33.0 Å². The number of cyclic esters (lactones) is 1. The lowest BCUT2D eigenvalue weighted by Crippen LogP contribution is -2.63. The molecular formula is C36H51F2NO3. The lowest BCUT2D eigenvalue weighted by Gasteiger charge is -2.67. The zero-order valence-corrected chi connectivity index (χ0v) is 26.4. The van der Waals surface area contributed by atoms with Crippen LogP contribution in [0.1, 0.15) is 105 Å². The van der Waals surface area contributed by atoms with Crippen molar-refractivity contribution >= 4 is 5.97 Å². The molecule has 1 saturated heterocycles. The molecule has 4 saturated carbocycles. The molecule has 0 bridgehead atoms. The number of fused-ring (bicyclic) bond motifs is 5. The lowest BCUT2D eigenvalue weighted by atomic mass is 9.38. The molecule has 1 aromatic carbocycles. The number of esters is 1. The van der Waals surface area contributed by atoms with Crippen LogP contribution in [-0.4, -0.2) is 28.8 Å². The average Bonchev–Trinajstić information content (AvgIpc) is 3.44. The molecule has 0 amide bonds. The Morgan fingerprint density at radius 3 is 2.29 bits per heavy atom. The molecule has 4 aliphatic carbocycles. The van der Waals surface area contributed by atoms with Gasteiger partial charge in [0.25, 0.3) is 0 Å². The van der Waals surface area contributed by atoms with E-state index in [0.29, 0.717) is 42.2 Å². The molecule has 1 aliphatic heterocycles. The van der Waals surface area contributed by atoms with Gasteiger partial charge in [0.2, 0.25) is 0 Å². The van der Waals surface area contributed by atoms with Crippen LogP contribution in [0.4, 0.5) is 8.78 Å². The number of rotatable bonds is 5. The number of hydrogen-bond acceptors (Lipinski definition) is 4. The Bertz CT molecular complexity index is 1240. The number of halogens is 2. The van der Waals surface area contributed by atoms with Gasteiger partial charge in [0.15, 0.2) is 5.60 Å².